The van der Waals surface area contributed by atoms with Gasteiger partial charge < -0.3 is 9.47 Å². The van der Waals surface area contributed by atoms with Crippen molar-refractivity contribution in [3.05, 3.63) is 64.5 Å². The smallest absolute Gasteiger partial charge is 0.311 e. The normalized spacial score (nSPS) is 14.2. The molecule has 0 aliphatic carbocycles. The minimum atomic E-state index is -0.310. The zero-order chi connectivity index (χ0) is 18.9. The first-order chi connectivity index (χ1) is 13.2. The van der Waals surface area contributed by atoms with Crippen LogP contribution in [0.4, 0.5) is 5.69 Å². The van der Waals surface area contributed by atoms with E-state index in [9.17, 15) is 4.79 Å². The number of hydrogen-bond acceptors (Lipinski definition) is 7. The number of thioether (sulfide) groups is 2. The van der Waals surface area contributed by atoms with Crippen molar-refractivity contribution in [2.45, 2.75) is 12.8 Å². The monoisotopic (exact) mass is 400 g/mol. The highest BCUT2D eigenvalue weighted by Crippen LogP contribution is 2.39. The van der Waals surface area contributed by atoms with E-state index in [0.717, 1.165) is 33.7 Å². The summed E-state index contributed by atoms with van der Waals surface area (Å²) in [6.45, 7) is 0. The van der Waals surface area contributed by atoms with Crippen LogP contribution in [0.15, 0.2) is 74.8 Å². The van der Waals surface area contributed by atoms with Gasteiger partial charge in [-0.3, -0.25) is 4.79 Å². The van der Waals surface area contributed by atoms with Crippen molar-refractivity contribution < 1.29 is 14.3 Å². The van der Waals surface area contributed by atoms with Crippen LogP contribution in [0.5, 0.6) is 11.5 Å². The molecular formula is C20H20N2O3S2. The predicted octanol–water partition coefficient (Wildman–Crippen LogP) is 6.16. The van der Waals surface area contributed by atoms with E-state index in [2.05, 4.69) is 10.2 Å². The molecule has 3 rings (SSSR count). The lowest BCUT2D eigenvalue weighted by molar-refractivity contribution is -0.139. The number of methoxy groups -OCH3 is 1. The molecular weight excluding hydrogens is 380 g/mol. The predicted molar refractivity (Wildman–Crippen MR) is 111 cm³/mol. The molecule has 0 amide bonds. The number of carbonyl (C=O) groups is 1. The topological polar surface area (TPSA) is 60.2 Å². The average Bonchev–Trinajstić information content (AvgIpc) is 2.73. The van der Waals surface area contributed by atoms with Gasteiger partial charge in [0.1, 0.15) is 11.5 Å². The fraction of sp³-hybridized carbons (Fsp3) is 0.250. The first kappa shape index (κ1) is 19.5. The van der Waals surface area contributed by atoms with Gasteiger partial charge in [0.25, 0.3) is 0 Å². The third kappa shape index (κ3) is 6.15. The lowest BCUT2D eigenvalue weighted by atomic mass is 10.3. The van der Waals surface area contributed by atoms with Gasteiger partial charge in [-0.25, -0.2) is 0 Å². The molecule has 7 heteroatoms. The minimum Gasteiger partial charge on any atom is -0.469 e. The molecule has 1 aliphatic heterocycles. The number of esters is 1. The zero-order valence-electron chi connectivity index (χ0n) is 15.0. The maximum Gasteiger partial charge on any atom is 0.311 e. The second kappa shape index (κ2) is 10.2. The summed E-state index contributed by atoms with van der Waals surface area (Å²) >= 11 is 3.45. The van der Waals surface area contributed by atoms with E-state index in [4.69, 9.17) is 9.47 Å². The molecule has 0 unspecified atom stereocenters. The molecule has 1 saturated heterocycles. The van der Waals surface area contributed by atoms with Gasteiger partial charge >= 0.3 is 5.97 Å². The molecule has 27 heavy (non-hydrogen) atoms. The van der Waals surface area contributed by atoms with Crippen LogP contribution in [-0.4, -0.2) is 24.6 Å². The van der Waals surface area contributed by atoms with Crippen molar-refractivity contribution >= 4 is 35.2 Å². The summed E-state index contributed by atoms with van der Waals surface area (Å²) in [7, 11) is 1.38. The largest absolute Gasteiger partial charge is 0.469 e. The van der Waals surface area contributed by atoms with Crippen molar-refractivity contribution in [2.75, 3.05) is 18.6 Å². The molecule has 0 N–H and O–H groups in total. The van der Waals surface area contributed by atoms with Crippen molar-refractivity contribution in [1.82, 2.24) is 0 Å². The van der Waals surface area contributed by atoms with Crippen LogP contribution in [-0.2, 0) is 9.53 Å². The van der Waals surface area contributed by atoms with Gasteiger partial charge in [0.05, 0.1) is 29.2 Å². The van der Waals surface area contributed by atoms with E-state index in [1.54, 1.807) is 23.5 Å². The fourth-order valence-electron chi connectivity index (χ4n) is 2.28. The molecule has 1 heterocycles. The van der Waals surface area contributed by atoms with Crippen molar-refractivity contribution in [1.29, 1.82) is 0 Å². The second-order valence-corrected chi connectivity index (χ2v) is 8.12. The van der Waals surface area contributed by atoms with Crippen LogP contribution < -0.4 is 4.74 Å². The summed E-state index contributed by atoms with van der Waals surface area (Å²) in [5.41, 5.74) is 1.37. The van der Waals surface area contributed by atoms with E-state index in [0.29, 0.717) is 11.4 Å². The third-order valence-electron chi connectivity index (χ3n) is 3.63. The highest BCUT2D eigenvalue weighted by molar-refractivity contribution is 8.22. The van der Waals surface area contributed by atoms with Gasteiger partial charge in [0, 0.05) is 0 Å². The van der Waals surface area contributed by atoms with Crippen LogP contribution in [0, 0.1) is 0 Å². The van der Waals surface area contributed by atoms with Crippen LogP contribution in [0.1, 0.15) is 12.8 Å². The minimum absolute atomic E-state index is 0.129. The van der Waals surface area contributed by atoms with E-state index in [1.807, 2.05) is 54.6 Å². The molecule has 2 aromatic carbocycles. The van der Waals surface area contributed by atoms with Crippen molar-refractivity contribution in [3.63, 3.8) is 0 Å². The summed E-state index contributed by atoms with van der Waals surface area (Å²) in [6, 6.07) is 17.0. The van der Waals surface area contributed by atoms with Gasteiger partial charge in [-0.1, -0.05) is 18.2 Å². The summed E-state index contributed by atoms with van der Waals surface area (Å²) in [5.74, 6) is 3.27. The van der Waals surface area contributed by atoms with Gasteiger partial charge in [-0.2, -0.15) is 10.2 Å². The Hall–Kier alpha value is -2.25. The van der Waals surface area contributed by atoms with E-state index in [1.165, 1.54) is 7.11 Å². The molecule has 0 aromatic heterocycles. The fourth-order valence-corrected chi connectivity index (χ4v) is 4.80. The molecule has 1 aliphatic rings. The van der Waals surface area contributed by atoms with Crippen molar-refractivity contribution in [2.24, 2.45) is 10.2 Å². The highest BCUT2D eigenvalue weighted by atomic mass is 32.2. The van der Waals surface area contributed by atoms with E-state index in [-0.39, 0.29) is 12.4 Å². The number of benzene rings is 2. The molecule has 0 spiro atoms. The maximum absolute atomic E-state index is 11.7. The lowest BCUT2D eigenvalue weighted by Gasteiger charge is -2.14. The van der Waals surface area contributed by atoms with Gasteiger partial charge in [-0.15, -0.1) is 23.5 Å². The Balaban J connectivity index is 1.71. The number of rotatable bonds is 6. The van der Waals surface area contributed by atoms with Crippen LogP contribution in [0.25, 0.3) is 0 Å². The molecule has 5 nitrogen and oxygen atoms in total. The molecule has 0 atom stereocenters. The Labute approximate surface area is 167 Å². The van der Waals surface area contributed by atoms with Crippen LogP contribution in [0.2, 0.25) is 0 Å². The Morgan fingerprint density at radius 2 is 1.67 bits per heavy atom. The average molecular weight is 401 g/mol. The molecule has 140 valence electrons. The highest BCUT2D eigenvalue weighted by Gasteiger charge is 2.16. The zero-order valence-corrected chi connectivity index (χ0v) is 16.6. The number of ether oxygens (including phenoxy) is 2. The standard InChI is InChI=1S/C20H20N2O3S2/c1-24-19(23)14-18(20-26-12-5-13-27-20)22-21-15-8-10-17(11-9-15)25-16-6-3-2-4-7-16/h2-4,6-11H,5,12-14H2,1H3. The Kier molecular flexibility index (Phi) is 7.36. The summed E-state index contributed by atoms with van der Waals surface area (Å²) < 4.78 is 11.6. The van der Waals surface area contributed by atoms with Crippen LogP contribution >= 0.6 is 23.5 Å². The molecule has 0 saturated carbocycles. The molecule has 1 fully saturated rings. The molecule has 0 bridgehead atoms. The molecule has 0 radical (unpaired) electrons. The third-order valence-corrected chi connectivity index (χ3v) is 6.32. The molecule has 2 aromatic rings. The Bertz CT molecular complexity index is 813. The van der Waals surface area contributed by atoms with Gasteiger partial charge in [0.15, 0.2) is 0 Å². The Morgan fingerprint density at radius 3 is 2.33 bits per heavy atom. The number of nitrogens with zero attached hydrogens (tertiary/aromatic N) is 2. The second-order valence-electron chi connectivity index (χ2n) is 5.65. The van der Waals surface area contributed by atoms with Crippen LogP contribution in [0.3, 0.4) is 0 Å². The SMILES string of the molecule is COC(=O)CC(N=Nc1ccc(Oc2ccccc2)cc1)=C1SCCCS1. The summed E-state index contributed by atoms with van der Waals surface area (Å²) in [5, 5.41) is 8.63. The number of hydrogen-bond donors (Lipinski definition) is 0. The van der Waals surface area contributed by atoms with Crippen molar-refractivity contribution in [3.8, 4) is 11.5 Å². The summed E-state index contributed by atoms with van der Waals surface area (Å²) in [6.07, 6.45) is 1.29. The summed E-state index contributed by atoms with van der Waals surface area (Å²) in [4.78, 5) is 11.7. The number of carbonyl (C=O) groups excluding carboxylic acids is 1. The van der Waals surface area contributed by atoms with E-state index >= 15 is 0 Å². The lowest BCUT2D eigenvalue weighted by Crippen LogP contribution is -2.03. The van der Waals surface area contributed by atoms with E-state index < -0.39 is 0 Å². The quantitative estimate of drug-likeness (QED) is 0.429. The first-order valence-electron chi connectivity index (χ1n) is 8.55. The number of para-hydroxylation sites is 1. The van der Waals surface area contributed by atoms with Gasteiger partial charge in [-0.05, 0) is 54.3 Å². The number of azo groups is 1. The first-order valence-corrected chi connectivity index (χ1v) is 10.5. The van der Waals surface area contributed by atoms with Gasteiger partial charge in [0.2, 0.25) is 0 Å². The maximum atomic E-state index is 11.7. The Morgan fingerprint density at radius 1 is 1.00 bits per heavy atom.